The summed E-state index contributed by atoms with van der Waals surface area (Å²) in [6.07, 6.45) is 2.95. The van der Waals surface area contributed by atoms with Gasteiger partial charge in [-0.1, -0.05) is 0 Å². The molecule has 1 N–H and O–H groups in total. The predicted octanol–water partition coefficient (Wildman–Crippen LogP) is 2.28. The number of rotatable bonds is 4. The van der Waals surface area contributed by atoms with Gasteiger partial charge in [0.2, 0.25) is 0 Å². The van der Waals surface area contributed by atoms with Crippen LogP contribution in [0.3, 0.4) is 0 Å². The van der Waals surface area contributed by atoms with Crippen molar-refractivity contribution in [1.29, 1.82) is 0 Å². The predicted molar refractivity (Wildman–Crippen MR) is 58.7 cm³/mol. The first kappa shape index (κ1) is 11.7. The molecule has 0 saturated heterocycles. The summed E-state index contributed by atoms with van der Waals surface area (Å²) < 4.78 is 12.7. The van der Waals surface area contributed by atoms with E-state index in [1.165, 1.54) is 12.3 Å². The van der Waals surface area contributed by atoms with Gasteiger partial charge in [0.15, 0.2) is 0 Å². The molecule has 0 spiro atoms. The molecule has 3 heteroatoms. The van der Waals surface area contributed by atoms with Crippen LogP contribution in [-0.2, 0) is 0 Å². The topological polar surface area (TPSA) is 24.9 Å². The van der Waals surface area contributed by atoms with E-state index in [1.807, 2.05) is 14.0 Å². The number of pyridine rings is 1. The molecule has 0 amide bonds. The Hall–Kier alpha value is -1.40. The highest BCUT2D eigenvalue weighted by atomic mass is 19.1. The lowest BCUT2D eigenvalue weighted by Crippen LogP contribution is -2.17. The fraction of sp³-hybridized carbons (Fsp3) is 0.417. The summed E-state index contributed by atoms with van der Waals surface area (Å²) in [5.74, 6) is 5.55. The zero-order chi connectivity index (χ0) is 11.1. The zero-order valence-electron chi connectivity index (χ0n) is 9.05. The third-order valence-electron chi connectivity index (χ3n) is 2.19. The standard InChI is InChI=1S/C12H15FN2/c1-3-4-5-6-11(14-2)12-8-7-10(13)9-15-12/h7-9,11,14H,5-6H2,1-2H3. The van der Waals surface area contributed by atoms with Gasteiger partial charge in [0.05, 0.1) is 17.9 Å². The maximum atomic E-state index is 12.7. The molecule has 80 valence electrons. The third-order valence-corrected chi connectivity index (χ3v) is 2.19. The van der Waals surface area contributed by atoms with E-state index in [9.17, 15) is 4.39 Å². The molecule has 0 aliphatic carbocycles. The van der Waals surface area contributed by atoms with Crippen LogP contribution in [0.5, 0.6) is 0 Å². The summed E-state index contributed by atoms with van der Waals surface area (Å²) >= 11 is 0. The largest absolute Gasteiger partial charge is 0.312 e. The smallest absolute Gasteiger partial charge is 0.141 e. The van der Waals surface area contributed by atoms with E-state index in [1.54, 1.807) is 6.07 Å². The molecule has 0 bridgehead atoms. The lowest BCUT2D eigenvalue weighted by atomic mass is 10.1. The van der Waals surface area contributed by atoms with Gasteiger partial charge in [-0.15, -0.1) is 11.8 Å². The molecule has 0 saturated carbocycles. The van der Waals surface area contributed by atoms with Gasteiger partial charge in [-0.05, 0) is 32.5 Å². The molecule has 0 fully saturated rings. The van der Waals surface area contributed by atoms with Crippen LogP contribution in [0, 0.1) is 17.7 Å². The van der Waals surface area contributed by atoms with Crippen LogP contribution < -0.4 is 5.32 Å². The van der Waals surface area contributed by atoms with Gasteiger partial charge >= 0.3 is 0 Å². The summed E-state index contributed by atoms with van der Waals surface area (Å²) in [5.41, 5.74) is 0.858. The van der Waals surface area contributed by atoms with Crippen LogP contribution in [0.2, 0.25) is 0 Å². The highest BCUT2D eigenvalue weighted by Gasteiger charge is 2.09. The average Bonchev–Trinajstić information content (AvgIpc) is 2.26. The molecule has 1 atom stereocenters. The number of nitrogens with one attached hydrogen (secondary N) is 1. The number of halogens is 1. The lowest BCUT2D eigenvalue weighted by Gasteiger charge is -2.13. The van der Waals surface area contributed by atoms with Gasteiger partial charge in [-0.25, -0.2) is 4.39 Å². The van der Waals surface area contributed by atoms with Crippen LogP contribution in [0.15, 0.2) is 18.3 Å². The zero-order valence-corrected chi connectivity index (χ0v) is 9.05. The Morgan fingerprint density at radius 3 is 2.87 bits per heavy atom. The van der Waals surface area contributed by atoms with Gasteiger partial charge < -0.3 is 5.32 Å². The molecule has 0 aliphatic rings. The maximum Gasteiger partial charge on any atom is 0.141 e. The monoisotopic (exact) mass is 206 g/mol. The number of hydrogen-bond acceptors (Lipinski definition) is 2. The van der Waals surface area contributed by atoms with E-state index >= 15 is 0 Å². The van der Waals surface area contributed by atoms with Crippen molar-refractivity contribution < 1.29 is 4.39 Å². The second-order valence-electron chi connectivity index (χ2n) is 3.21. The van der Waals surface area contributed by atoms with E-state index in [4.69, 9.17) is 0 Å². The molecule has 0 aromatic carbocycles. The molecule has 2 nitrogen and oxygen atoms in total. The second kappa shape index (κ2) is 6.15. The fourth-order valence-corrected chi connectivity index (χ4v) is 1.37. The first-order chi connectivity index (χ1) is 7.27. The van der Waals surface area contributed by atoms with Gasteiger partial charge in [0, 0.05) is 6.42 Å². The number of aromatic nitrogens is 1. The maximum absolute atomic E-state index is 12.7. The Kier molecular flexibility index (Phi) is 4.79. The van der Waals surface area contributed by atoms with Crippen molar-refractivity contribution in [3.8, 4) is 11.8 Å². The Balaban J connectivity index is 2.64. The molecule has 0 aliphatic heterocycles. The molecular weight excluding hydrogens is 191 g/mol. The highest BCUT2D eigenvalue weighted by molar-refractivity contribution is 5.10. The first-order valence-electron chi connectivity index (χ1n) is 4.96. The minimum absolute atomic E-state index is 0.145. The molecule has 1 aromatic heterocycles. The van der Waals surface area contributed by atoms with Crippen molar-refractivity contribution in [2.24, 2.45) is 0 Å². The Bertz CT molecular complexity index is 348. The summed E-state index contributed by atoms with van der Waals surface area (Å²) in [5, 5.41) is 3.14. The van der Waals surface area contributed by atoms with Crippen molar-refractivity contribution in [1.82, 2.24) is 10.3 Å². The lowest BCUT2D eigenvalue weighted by molar-refractivity contribution is 0.538. The number of nitrogens with zero attached hydrogens (tertiary/aromatic N) is 1. The van der Waals surface area contributed by atoms with Gasteiger partial charge in [-0.3, -0.25) is 4.98 Å². The van der Waals surface area contributed by atoms with Crippen LogP contribution in [-0.4, -0.2) is 12.0 Å². The minimum Gasteiger partial charge on any atom is -0.312 e. The quantitative estimate of drug-likeness (QED) is 0.764. The van der Waals surface area contributed by atoms with Crippen LogP contribution in [0.4, 0.5) is 4.39 Å². The minimum atomic E-state index is -0.304. The normalized spacial score (nSPS) is 11.7. The summed E-state index contributed by atoms with van der Waals surface area (Å²) in [6, 6.07) is 3.28. The van der Waals surface area contributed by atoms with Crippen molar-refractivity contribution in [3.63, 3.8) is 0 Å². The Morgan fingerprint density at radius 2 is 2.33 bits per heavy atom. The Labute approximate surface area is 89.9 Å². The molecule has 15 heavy (non-hydrogen) atoms. The van der Waals surface area contributed by atoms with Crippen molar-refractivity contribution in [2.75, 3.05) is 7.05 Å². The van der Waals surface area contributed by atoms with E-state index in [0.717, 1.165) is 18.5 Å². The molecule has 1 rings (SSSR count). The SMILES string of the molecule is CC#CCCC(NC)c1ccc(F)cn1. The van der Waals surface area contributed by atoms with E-state index in [-0.39, 0.29) is 11.9 Å². The number of hydrogen-bond donors (Lipinski definition) is 1. The van der Waals surface area contributed by atoms with Crippen LogP contribution >= 0.6 is 0 Å². The molecule has 1 heterocycles. The van der Waals surface area contributed by atoms with Crippen LogP contribution in [0.25, 0.3) is 0 Å². The molecule has 1 aromatic rings. The van der Waals surface area contributed by atoms with E-state index in [0.29, 0.717) is 0 Å². The van der Waals surface area contributed by atoms with E-state index < -0.39 is 0 Å². The summed E-state index contributed by atoms with van der Waals surface area (Å²) in [4.78, 5) is 4.04. The Morgan fingerprint density at radius 1 is 1.53 bits per heavy atom. The highest BCUT2D eigenvalue weighted by Crippen LogP contribution is 2.15. The van der Waals surface area contributed by atoms with Crippen molar-refractivity contribution in [3.05, 3.63) is 29.8 Å². The van der Waals surface area contributed by atoms with E-state index in [2.05, 4.69) is 22.1 Å². The second-order valence-corrected chi connectivity index (χ2v) is 3.21. The summed E-state index contributed by atoms with van der Waals surface area (Å²) in [7, 11) is 1.87. The van der Waals surface area contributed by atoms with Crippen molar-refractivity contribution in [2.45, 2.75) is 25.8 Å². The van der Waals surface area contributed by atoms with Gasteiger partial charge in [0.25, 0.3) is 0 Å². The third kappa shape index (κ3) is 3.69. The molecular formula is C12H15FN2. The fourth-order valence-electron chi connectivity index (χ4n) is 1.37. The first-order valence-corrected chi connectivity index (χ1v) is 4.96. The average molecular weight is 206 g/mol. The molecule has 1 unspecified atom stereocenters. The van der Waals surface area contributed by atoms with Gasteiger partial charge in [0.1, 0.15) is 5.82 Å². The molecule has 0 radical (unpaired) electrons. The van der Waals surface area contributed by atoms with Crippen molar-refractivity contribution >= 4 is 0 Å². The summed E-state index contributed by atoms with van der Waals surface area (Å²) in [6.45, 7) is 1.82. The van der Waals surface area contributed by atoms with Crippen LogP contribution in [0.1, 0.15) is 31.5 Å². The van der Waals surface area contributed by atoms with Gasteiger partial charge in [-0.2, -0.15) is 0 Å².